The molecule has 0 aromatic carbocycles. The van der Waals surface area contributed by atoms with Gasteiger partial charge in [0.05, 0.1) is 21.7 Å². The summed E-state index contributed by atoms with van der Waals surface area (Å²) < 4.78 is 5.74. The standard InChI is InChI=1S/C11H6BrN4O2/c12-8-7(10(13)17)5-4-14-16-11(5)15-9(8)6-2-1-3-18-6/h1-3H,(H2,13,17)(H,14,15,16). The van der Waals surface area contributed by atoms with Crippen molar-refractivity contribution in [1.29, 1.82) is 0 Å². The average Bonchev–Trinajstić information content (AvgIpc) is 2.97. The third-order valence-corrected chi connectivity index (χ3v) is 3.24. The van der Waals surface area contributed by atoms with Gasteiger partial charge in [-0.2, -0.15) is 5.10 Å². The summed E-state index contributed by atoms with van der Waals surface area (Å²) in [5, 5.41) is 6.84. The molecule has 0 atom stereocenters. The lowest BCUT2D eigenvalue weighted by Gasteiger charge is -2.05. The molecule has 0 bridgehead atoms. The smallest absolute Gasteiger partial charge is 0.250 e. The van der Waals surface area contributed by atoms with Gasteiger partial charge >= 0.3 is 0 Å². The number of H-pyrrole nitrogens is 1. The lowest BCUT2D eigenvalue weighted by molar-refractivity contribution is 0.100. The highest BCUT2D eigenvalue weighted by molar-refractivity contribution is 9.10. The largest absolute Gasteiger partial charge is 0.463 e. The predicted octanol–water partition coefficient (Wildman–Crippen LogP) is 1.88. The van der Waals surface area contributed by atoms with Crippen molar-refractivity contribution >= 4 is 32.9 Å². The molecular formula is C11H6BrN4O2. The van der Waals surface area contributed by atoms with E-state index < -0.39 is 5.91 Å². The van der Waals surface area contributed by atoms with Crippen LogP contribution in [0.2, 0.25) is 0 Å². The number of aromatic nitrogens is 3. The van der Waals surface area contributed by atoms with Crippen molar-refractivity contribution in [1.82, 2.24) is 15.2 Å². The van der Waals surface area contributed by atoms with Crippen molar-refractivity contribution < 1.29 is 9.21 Å². The molecule has 0 fully saturated rings. The van der Waals surface area contributed by atoms with Crippen LogP contribution in [0, 0.1) is 6.20 Å². The second kappa shape index (κ2) is 3.95. The van der Waals surface area contributed by atoms with Gasteiger partial charge in [-0.3, -0.25) is 9.89 Å². The molecule has 3 rings (SSSR count). The van der Waals surface area contributed by atoms with Crippen LogP contribution in [-0.2, 0) is 0 Å². The molecule has 0 aliphatic carbocycles. The maximum Gasteiger partial charge on any atom is 0.250 e. The normalized spacial score (nSPS) is 10.9. The van der Waals surface area contributed by atoms with E-state index in [1.807, 2.05) is 0 Å². The molecule has 89 valence electrons. The van der Waals surface area contributed by atoms with Crippen molar-refractivity contribution in [3.63, 3.8) is 0 Å². The van der Waals surface area contributed by atoms with Crippen molar-refractivity contribution in [2.24, 2.45) is 5.73 Å². The maximum atomic E-state index is 11.5. The van der Waals surface area contributed by atoms with Gasteiger partial charge in [0.25, 0.3) is 5.91 Å². The van der Waals surface area contributed by atoms with Gasteiger partial charge in [0.1, 0.15) is 11.9 Å². The molecule has 3 aromatic rings. The van der Waals surface area contributed by atoms with Gasteiger partial charge in [-0.05, 0) is 28.1 Å². The van der Waals surface area contributed by atoms with E-state index in [1.165, 1.54) is 6.26 Å². The molecule has 7 heteroatoms. The number of rotatable bonds is 2. The van der Waals surface area contributed by atoms with Crippen molar-refractivity contribution in [3.05, 3.63) is 34.6 Å². The Kier molecular flexibility index (Phi) is 2.41. The number of primary amides is 1. The van der Waals surface area contributed by atoms with Gasteiger partial charge in [-0.25, -0.2) is 4.98 Å². The molecular weight excluding hydrogens is 300 g/mol. The number of carbonyl (C=O) groups excluding carboxylic acids is 1. The van der Waals surface area contributed by atoms with Gasteiger partial charge in [-0.1, -0.05) is 0 Å². The number of halogens is 1. The van der Waals surface area contributed by atoms with Crippen LogP contribution < -0.4 is 5.73 Å². The Balaban J connectivity index is 2.40. The van der Waals surface area contributed by atoms with E-state index in [4.69, 9.17) is 10.2 Å². The zero-order chi connectivity index (χ0) is 12.7. The number of nitrogens with two attached hydrogens (primary N) is 1. The van der Waals surface area contributed by atoms with Crippen molar-refractivity contribution in [2.45, 2.75) is 0 Å². The SMILES string of the molecule is NC(=O)c1c(Br)c(-c2ccco2)nc2[nH]n[c]c12. The molecule has 6 nitrogen and oxygen atoms in total. The monoisotopic (exact) mass is 305 g/mol. The number of pyridine rings is 1. The highest BCUT2D eigenvalue weighted by atomic mass is 79.9. The first-order valence-electron chi connectivity index (χ1n) is 4.97. The number of nitrogens with zero attached hydrogens (tertiary/aromatic N) is 2. The minimum absolute atomic E-state index is 0.278. The summed E-state index contributed by atoms with van der Waals surface area (Å²) in [5.74, 6) is -0.0550. The van der Waals surface area contributed by atoms with E-state index in [1.54, 1.807) is 12.1 Å². The summed E-state index contributed by atoms with van der Waals surface area (Å²) in [7, 11) is 0. The van der Waals surface area contributed by atoms with Crippen LogP contribution >= 0.6 is 15.9 Å². The number of hydrogen-bond donors (Lipinski definition) is 2. The van der Waals surface area contributed by atoms with Crippen molar-refractivity contribution in [3.8, 4) is 11.5 Å². The van der Waals surface area contributed by atoms with E-state index in [-0.39, 0.29) is 5.56 Å². The number of amides is 1. The lowest BCUT2D eigenvalue weighted by Crippen LogP contribution is -2.13. The van der Waals surface area contributed by atoms with E-state index >= 15 is 0 Å². The molecule has 1 amide bonds. The second-order valence-corrected chi connectivity index (χ2v) is 4.34. The predicted molar refractivity (Wildman–Crippen MR) is 66.6 cm³/mol. The Morgan fingerprint density at radius 1 is 1.56 bits per heavy atom. The van der Waals surface area contributed by atoms with Gasteiger partial charge < -0.3 is 10.2 Å². The summed E-state index contributed by atoms with van der Waals surface area (Å²) in [6.45, 7) is 0. The Labute approximate surface area is 109 Å². The zero-order valence-corrected chi connectivity index (χ0v) is 10.5. The number of fused-ring (bicyclic) bond motifs is 1. The topological polar surface area (TPSA) is 97.8 Å². The molecule has 0 aliphatic rings. The summed E-state index contributed by atoms with van der Waals surface area (Å²) in [6.07, 6.45) is 4.18. The number of aromatic amines is 1. The molecule has 3 aromatic heterocycles. The lowest BCUT2D eigenvalue weighted by atomic mass is 10.1. The average molecular weight is 306 g/mol. The molecule has 18 heavy (non-hydrogen) atoms. The number of hydrogen-bond acceptors (Lipinski definition) is 4. The van der Waals surface area contributed by atoms with Gasteiger partial charge in [-0.15, -0.1) is 0 Å². The molecule has 3 heterocycles. The van der Waals surface area contributed by atoms with Crippen molar-refractivity contribution in [2.75, 3.05) is 0 Å². The van der Waals surface area contributed by atoms with Gasteiger partial charge in [0.15, 0.2) is 11.4 Å². The van der Waals surface area contributed by atoms with Crippen LogP contribution in [-0.4, -0.2) is 21.1 Å². The van der Waals surface area contributed by atoms with Gasteiger partial charge in [0, 0.05) is 0 Å². The Morgan fingerprint density at radius 3 is 3.06 bits per heavy atom. The molecule has 0 saturated heterocycles. The minimum atomic E-state index is -0.584. The second-order valence-electron chi connectivity index (χ2n) is 3.55. The number of furan rings is 1. The minimum Gasteiger partial charge on any atom is -0.463 e. The number of nitrogens with one attached hydrogen (secondary N) is 1. The zero-order valence-electron chi connectivity index (χ0n) is 8.90. The summed E-state index contributed by atoms with van der Waals surface area (Å²) in [5.41, 5.74) is 6.57. The highest BCUT2D eigenvalue weighted by Gasteiger charge is 2.20. The first kappa shape index (κ1) is 11.0. The summed E-state index contributed by atoms with van der Waals surface area (Å²) >= 11 is 3.32. The van der Waals surface area contributed by atoms with Crippen LogP contribution in [0.5, 0.6) is 0 Å². The fourth-order valence-electron chi connectivity index (χ4n) is 1.70. The van der Waals surface area contributed by atoms with Gasteiger partial charge in [0.2, 0.25) is 0 Å². The molecule has 0 saturated carbocycles. The third kappa shape index (κ3) is 1.52. The Morgan fingerprint density at radius 2 is 2.39 bits per heavy atom. The number of carbonyl (C=O) groups is 1. The fraction of sp³-hybridized carbons (Fsp3) is 0. The maximum absolute atomic E-state index is 11.5. The molecule has 3 N–H and O–H groups in total. The molecule has 0 spiro atoms. The first-order chi connectivity index (χ1) is 8.68. The van der Waals surface area contributed by atoms with Crippen LogP contribution in [0.25, 0.3) is 22.5 Å². The Bertz CT molecular complexity index is 733. The first-order valence-corrected chi connectivity index (χ1v) is 5.76. The highest BCUT2D eigenvalue weighted by Crippen LogP contribution is 2.33. The van der Waals surface area contributed by atoms with Crippen LogP contribution in [0.15, 0.2) is 27.3 Å². The van der Waals surface area contributed by atoms with Crippen LogP contribution in [0.4, 0.5) is 0 Å². The summed E-state index contributed by atoms with van der Waals surface area (Å²) in [6, 6.07) is 3.47. The summed E-state index contributed by atoms with van der Waals surface area (Å²) in [4.78, 5) is 15.9. The van der Waals surface area contributed by atoms with Crippen LogP contribution in [0.3, 0.4) is 0 Å². The fourth-order valence-corrected chi connectivity index (χ4v) is 2.38. The molecule has 0 unspecified atom stereocenters. The van der Waals surface area contributed by atoms with E-state index in [0.29, 0.717) is 27.0 Å². The van der Waals surface area contributed by atoms with E-state index in [9.17, 15) is 4.79 Å². The van der Waals surface area contributed by atoms with E-state index in [0.717, 1.165) is 0 Å². The quantitative estimate of drug-likeness (QED) is 0.755. The van der Waals surface area contributed by atoms with Crippen LogP contribution in [0.1, 0.15) is 10.4 Å². The Hall–Kier alpha value is -2.15. The third-order valence-electron chi connectivity index (χ3n) is 2.47. The van der Waals surface area contributed by atoms with E-state index in [2.05, 4.69) is 37.3 Å². The molecule has 1 radical (unpaired) electrons. The molecule has 0 aliphatic heterocycles.